The van der Waals surface area contributed by atoms with E-state index in [9.17, 15) is 8.78 Å². The van der Waals surface area contributed by atoms with Gasteiger partial charge in [-0.1, -0.05) is 6.07 Å². The smallest absolute Gasteiger partial charge is 0.224 e. The number of nitrogens with two attached hydrogens (primary N) is 1. The Bertz CT molecular complexity index is 542. The lowest BCUT2D eigenvalue weighted by molar-refractivity contribution is 0.590. The van der Waals surface area contributed by atoms with Crippen LogP contribution in [0.15, 0.2) is 24.4 Å². The third kappa shape index (κ3) is 2.42. The average molecular weight is 257 g/mol. The molecule has 0 amide bonds. The fourth-order valence-electron chi connectivity index (χ4n) is 1.21. The number of nitrogens with one attached hydrogen (secondary N) is 1. The van der Waals surface area contributed by atoms with Crippen molar-refractivity contribution in [3.63, 3.8) is 0 Å². The van der Waals surface area contributed by atoms with E-state index >= 15 is 0 Å². The van der Waals surface area contributed by atoms with Crippen molar-refractivity contribution in [2.75, 3.05) is 11.1 Å². The Morgan fingerprint density at radius 1 is 1.24 bits per heavy atom. The Kier molecular flexibility index (Phi) is 3.06. The Morgan fingerprint density at radius 2 is 1.88 bits per heavy atom. The molecule has 7 heteroatoms. The van der Waals surface area contributed by atoms with Crippen molar-refractivity contribution in [1.82, 2.24) is 9.97 Å². The molecule has 0 spiro atoms. The molecule has 17 heavy (non-hydrogen) atoms. The Morgan fingerprint density at radius 3 is 2.53 bits per heavy atom. The van der Waals surface area contributed by atoms with E-state index in [0.29, 0.717) is 0 Å². The van der Waals surface area contributed by atoms with Crippen molar-refractivity contribution in [1.29, 1.82) is 0 Å². The zero-order chi connectivity index (χ0) is 12.4. The van der Waals surface area contributed by atoms with Gasteiger partial charge in [-0.25, -0.2) is 13.8 Å². The van der Waals surface area contributed by atoms with E-state index in [1.807, 2.05) is 0 Å². The lowest BCUT2D eigenvalue weighted by Gasteiger charge is -2.09. The molecule has 0 aliphatic carbocycles. The molecule has 0 aliphatic rings. The lowest BCUT2D eigenvalue weighted by atomic mass is 10.3. The monoisotopic (exact) mass is 256 g/mol. The number of halogens is 3. The second kappa shape index (κ2) is 4.50. The van der Waals surface area contributed by atoms with Gasteiger partial charge in [0.15, 0.2) is 5.82 Å². The SMILES string of the molecule is Nc1cnc(Cl)nc1Nc1c(F)cccc1F. The largest absolute Gasteiger partial charge is 0.394 e. The fourth-order valence-corrected chi connectivity index (χ4v) is 1.34. The Balaban J connectivity index is 2.41. The molecule has 0 saturated carbocycles. The van der Waals surface area contributed by atoms with Gasteiger partial charge in [-0.2, -0.15) is 4.98 Å². The quantitative estimate of drug-likeness (QED) is 0.811. The summed E-state index contributed by atoms with van der Waals surface area (Å²) >= 11 is 5.56. The van der Waals surface area contributed by atoms with Crippen LogP contribution in [0.3, 0.4) is 0 Å². The highest BCUT2D eigenvalue weighted by Crippen LogP contribution is 2.25. The highest BCUT2D eigenvalue weighted by Gasteiger charge is 2.11. The summed E-state index contributed by atoms with van der Waals surface area (Å²) in [7, 11) is 0. The molecule has 0 saturated heterocycles. The minimum absolute atomic E-state index is 0.0500. The highest BCUT2D eigenvalue weighted by molar-refractivity contribution is 6.28. The molecule has 0 radical (unpaired) electrons. The number of nitrogens with zero attached hydrogens (tertiary/aromatic N) is 2. The Hall–Kier alpha value is -1.95. The van der Waals surface area contributed by atoms with Crippen LogP contribution in [-0.2, 0) is 0 Å². The maximum absolute atomic E-state index is 13.3. The minimum Gasteiger partial charge on any atom is -0.394 e. The van der Waals surface area contributed by atoms with Gasteiger partial charge in [0, 0.05) is 0 Å². The number of aromatic nitrogens is 2. The summed E-state index contributed by atoms with van der Waals surface area (Å²) in [4.78, 5) is 7.36. The molecule has 0 fully saturated rings. The van der Waals surface area contributed by atoms with Crippen molar-refractivity contribution in [3.05, 3.63) is 41.3 Å². The van der Waals surface area contributed by atoms with Gasteiger partial charge in [0.25, 0.3) is 0 Å². The Labute approximate surface area is 100 Å². The van der Waals surface area contributed by atoms with E-state index in [-0.39, 0.29) is 22.5 Å². The van der Waals surface area contributed by atoms with Crippen molar-refractivity contribution < 1.29 is 8.78 Å². The summed E-state index contributed by atoms with van der Waals surface area (Å²) < 4.78 is 26.7. The molecule has 0 unspecified atom stereocenters. The second-order valence-corrected chi connectivity index (χ2v) is 3.50. The number of anilines is 3. The lowest BCUT2D eigenvalue weighted by Crippen LogP contribution is -2.03. The van der Waals surface area contributed by atoms with Crippen molar-refractivity contribution in [2.45, 2.75) is 0 Å². The minimum atomic E-state index is -0.751. The maximum atomic E-state index is 13.3. The molecule has 1 heterocycles. The first-order valence-corrected chi connectivity index (χ1v) is 4.95. The van der Waals surface area contributed by atoms with Crippen LogP contribution in [0.1, 0.15) is 0 Å². The van der Waals surface area contributed by atoms with Gasteiger partial charge in [-0.3, -0.25) is 0 Å². The van der Waals surface area contributed by atoms with Crippen LogP contribution in [0.2, 0.25) is 5.28 Å². The number of hydrogen-bond donors (Lipinski definition) is 2. The van der Waals surface area contributed by atoms with Gasteiger partial charge in [0.05, 0.1) is 11.9 Å². The molecule has 3 N–H and O–H groups in total. The number of para-hydroxylation sites is 1. The van der Waals surface area contributed by atoms with Crippen molar-refractivity contribution in [3.8, 4) is 0 Å². The van der Waals surface area contributed by atoms with Crippen LogP contribution in [0.25, 0.3) is 0 Å². The second-order valence-electron chi connectivity index (χ2n) is 3.16. The van der Waals surface area contributed by atoms with Crippen molar-refractivity contribution >= 4 is 28.8 Å². The normalized spacial score (nSPS) is 10.3. The molecular formula is C10H7ClF2N4. The van der Waals surface area contributed by atoms with E-state index in [0.717, 1.165) is 12.1 Å². The summed E-state index contributed by atoms with van der Waals surface area (Å²) in [5, 5.41) is 2.37. The fraction of sp³-hybridized carbons (Fsp3) is 0. The van der Waals surface area contributed by atoms with Gasteiger partial charge in [-0.15, -0.1) is 0 Å². The first-order valence-electron chi connectivity index (χ1n) is 4.57. The molecule has 1 aromatic carbocycles. The van der Waals surface area contributed by atoms with Crippen LogP contribution in [-0.4, -0.2) is 9.97 Å². The third-order valence-electron chi connectivity index (χ3n) is 1.99. The van der Waals surface area contributed by atoms with Crippen LogP contribution in [0, 0.1) is 11.6 Å². The topological polar surface area (TPSA) is 63.8 Å². The van der Waals surface area contributed by atoms with E-state index in [1.54, 1.807) is 0 Å². The molecule has 2 aromatic rings. The molecular weight excluding hydrogens is 250 g/mol. The first kappa shape index (κ1) is 11.5. The van der Waals surface area contributed by atoms with Crippen LogP contribution < -0.4 is 11.1 Å². The zero-order valence-electron chi connectivity index (χ0n) is 8.42. The molecule has 4 nitrogen and oxygen atoms in total. The number of benzene rings is 1. The molecule has 0 atom stereocenters. The van der Waals surface area contributed by atoms with E-state index in [2.05, 4.69) is 15.3 Å². The van der Waals surface area contributed by atoms with Crippen molar-refractivity contribution in [2.24, 2.45) is 0 Å². The molecule has 2 rings (SSSR count). The van der Waals surface area contributed by atoms with Gasteiger partial charge in [0.2, 0.25) is 5.28 Å². The summed E-state index contributed by atoms with van der Waals surface area (Å²) in [6, 6.07) is 3.49. The number of nitrogen functional groups attached to an aromatic ring is 1. The van der Waals surface area contributed by atoms with Crippen LogP contribution >= 0.6 is 11.6 Å². The average Bonchev–Trinajstić information content (AvgIpc) is 2.28. The van der Waals surface area contributed by atoms with E-state index in [1.165, 1.54) is 12.3 Å². The van der Waals surface area contributed by atoms with Crippen LogP contribution in [0.4, 0.5) is 26.0 Å². The van der Waals surface area contributed by atoms with Gasteiger partial charge in [-0.05, 0) is 23.7 Å². The molecule has 1 aromatic heterocycles. The van der Waals surface area contributed by atoms with E-state index < -0.39 is 11.6 Å². The number of hydrogen-bond acceptors (Lipinski definition) is 4. The van der Waals surface area contributed by atoms with Gasteiger partial charge < -0.3 is 11.1 Å². The first-order chi connectivity index (χ1) is 8.08. The molecule has 0 bridgehead atoms. The summed E-state index contributed by atoms with van der Waals surface area (Å²) in [5.74, 6) is -1.45. The zero-order valence-corrected chi connectivity index (χ0v) is 9.17. The van der Waals surface area contributed by atoms with E-state index in [4.69, 9.17) is 17.3 Å². The summed E-state index contributed by atoms with van der Waals surface area (Å²) in [6.45, 7) is 0. The predicted molar refractivity (Wildman–Crippen MR) is 61.1 cm³/mol. The maximum Gasteiger partial charge on any atom is 0.224 e. The number of rotatable bonds is 2. The predicted octanol–water partition coefficient (Wildman–Crippen LogP) is 2.73. The third-order valence-corrected chi connectivity index (χ3v) is 2.18. The van der Waals surface area contributed by atoms with Gasteiger partial charge in [0.1, 0.15) is 17.3 Å². The standard InChI is InChI=1S/C10H7ClF2N4/c11-10-15-4-7(14)9(17-10)16-8-5(12)2-1-3-6(8)13/h1-4H,14H2,(H,15,16,17). The molecule has 88 valence electrons. The van der Waals surface area contributed by atoms with Crippen LogP contribution in [0.5, 0.6) is 0 Å². The highest BCUT2D eigenvalue weighted by atomic mass is 35.5. The molecule has 0 aliphatic heterocycles. The van der Waals surface area contributed by atoms with Gasteiger partial charge >= 0.3 is 0 Å². The summed E-state index contributed by atoms with van der Waals surface area (Å²) in [6.07, 6.45) is 1.25. The summed E-state index contributed by atoms with van der Waals surface area (Å²) in [5.41, 5.74) is 5.34.